The molecule has 1 saturated carbocycles. The molecule has 0 aliphatic heterocycles. The Labute approximate surface area is 111 Å². The average molecular weight is 274 g/mol. The summed E-state index contributed by atoms with van der Waals surface area (Å²) in [6, 6.07) is 0. The van der Waals surface area contributed by atoms with Gasteiger partial charge in [-0.05, 0) is 43.0 Å². The second-order valence-corrected chi connectivity index (χ2v) is 11.6. The van der Waals surface area contributed by atoms with Crippen molar-refractivity contribution < 1.29 is 13.9 Å². The van der Waals surface area contributed by atoms with Gasteiger partial charge in [0, 0.05) is 12.5 Å². The number of halogens is 1. The molecule has 0 spiro atoms. The summed E-state index contributed by atoms with van der Waals surface area (Å²) in [7, 11) is -1.75. The molecule has 1 rings (SSSR count). The van der Waals surface area contributed by atoms with E-state index < -0.39 is 14.9 Å². The normalized spacial score (nSPS) is 24.5. The number of hydrogen-bond donors (Lipinski definition) is 1. The first-order chi connectivity index (χ1) is 8.19. The van der Waals surface area contributed by atoms with Gasteiger partial charge < -0.3 is 9.53 Å². The lowest BCUT2D eigenvalue weighted by Gasteiger charge is -2.37. The maximum atomic E-state index is 13.5. The molecule has 0 radical (unpaired) electrons. The molecular weight excluding hydrogens is 247 g/mol. The molecule has 0 aromatic carbocycles. The van der Waals surface area contributed by atoms with E-state index in [1.165, 1.54) is 0 Å². The quantitative estimate of drug-likeness (QED) is 0.784. The molecule has 1 atom stereocenters. The maximum absolute atomic E-state index is 13.5. The van der Waals surface area contributed by atoms with Gasteiger partial charge in [-0.2, -0.15) is 0 Å². The number of hydrogen-bond acceptors (Lipinski definition) is 2. The predicted molar refractivity (Wildman–Crippen MR) is 75.7 cm³/mol. The molecule has 0 heterocycles. The van der Waals surface area contributed by atoms with Gasteiger partial charge in [0.05, 0.1) is 6.61 Å². The summed E-state index contributed by atoms with van der Waals surface area (Å²) >= 11 is 0. The van der Waals surface area contributed by atoms with E-state index in [0.29, 0.717) is 6.61 Å². The maximum Gasteiger partial charge on any atom is 0.192 e. The Morgan fingerprint density at radius 1 is 1.44 bits per heavy atom. The molecule has 18 heavy (non-hydrogen) atoms. The molecule has 0 amide bonds. The lowest BCUT2D eigenvalue weighted by atomic mass is 10.0. The minimum atomic E-state index is -1.75. The minimum absolute atomic E-state index is 0.172. The Morgan fingerprint density at radius 2 is 2.06 bits per heavy atom. The van der Waals surface area contributed by atoms with E-state index in [1.807, 2.05) is 0 Å². The van der Waals surface area contributed by atoms with Crippen LogP contribution in [0, 0.1) is 5.92 Å². The van der Waals surface area contributed by atoms with Crippen molar-refractivity contribution in [3.63, 3.8) is 0 Å². The Morgan fingerprint density at radius 3 is 2.56 bits per heavy atom. The van der Waals surface area contributed by atoms with Crippen molar-refractivity contribution in [1.29, 1.82) is 0 Å². The summed E-state index contributed by atoms with van der Waals surface area (Å²) in [5.74, 6) is -0.164. The smallest absolute Gasteiger partial charge is 0.192 e. The van der Waals surface area contributed by atoms with Gasteiger partial charge in [-0.15, -0.1) is 0 Å². The van der Waals surface area contributed by atoms with E-state index in [4.69, 9.17) is 9.53 Å². The van der Waals surface area contributed by atoms with Gasteiger partial charge in [0.2, 0.25) is 0 Å². The third-order valence-electron chi connectivity index (χ3n) is 4.43. The van der Waals surface area contributed by atoms with Gasteiger partial charge in [0.15, 0.2) is 8.32 Å². The highest BCUT2D eigenvalue weighted by atomic mass is 28.4. The molecule has 1 N–H and O–H groups in total. The zero-order valence-corrected chi connectivity index (χ0v) is 13.3. The van der Waals surface area contributed by atoms with Crippen LogP contribution in [-0.4, -0.2) is 26.6 Å². The van der Waals surface area contributed by atoms with Crippen molar-refractivity contribution in [3.05, 3.63) is 11.4 Å². The standard InChI is InChI=1S/C14H27FO2Si/c1-14(2,3)18(4,5)17-10-11-7-6-8-12(11)13(15)9-16/h11,16H,6-10H2,1-5H3/b13-12+. The predicted octanol–water partition coefficient (Wildman–Crippen LogP) is 4.02. The molecule has 1 fully saturated rings. The summed E-state index contributed by atoms with van der Waals surface area (Å²) in [6.45, 7) is 11.2. The third-order valence-corrected chi connectivity index (χ3v) is 8.93. The van der Waals surface area contributed by atoms with E-state index in [-0.39, 0.29) is 16.8 Å². The highest BCUT2D eigenvalue weighted by Gasteiger charge is 2.38. The Bertz CT molecular complexity index is 318. The third kappa shape index (κ3) is 3.65. The molecule has 4 heteroatoms. The zero-order valence-electron chi connectivity index (χ0n) is 12.3. The topological polar surface area (TPSA) is 29.5 Å². The molecule has 0 aromatic heterocycles. The van der Waals surface area contributed by atoms with Gasteiger partial charge in [0.25, 0.3) is 0 Å². The summed E-state index contributed by atoms with van der Waals surface area (Å²) in [5.41, 5.74) is 0.788. The second kappa shape index (κ2) is 5.84. The molecule has 106 valence electrons. The first kappa shape index (κ1) is 15.9. The van der Waals surface area contributed by atoms with E-state index >= 15 is 0 Å². The van der Waals surface area contributed by atoms with Crippen LogP contribution in [0.15, 0.2) is 11.4 Å². The SMILES string of the molecule is CC(C)(C)[Si](C)(C)OCC1CCC/C1=C(\F)CO. The lowest BCUT2D eigenvalue weighted by Crippen LogP contribution is -2.41. The van der Waals surface area contributed by atoms with Crippen LogP contribution < -0.4 is 0 Å². The van der Waals surface area contributed by atoms with Crippen molar-refractivity contribution in [2.45, 2.75) is 58.2 Å². The fraction of sp³-hybridized carbons (Fsp3) is 0.857. The lowest BCUT2D eigenvalue weighted by molar-refractivity contribution is 0.241. The minimum Gasteiger partial charge on any atom is -0.416 e. The summed E-state index contributed by atoms with van der Waals surface area (Å²) in [4.78, 5) is 0. The molecule has 0 saturated heterocycles. The van der Waals surface area contributed by atoms with Crippen LogP contribution in [0.5, 0.6) is 0 Å². The Kier molecular flexibility index (Phi) is 5.15. The van der Waals surface area contributed by atoms with E-state index in [0.717, 1.165) is 24.8 Å². The molecule has 0 aromatic rings. The van der Waals surface area contributed by atoms with Gasteiger partial charge in [-0.1, -0.05) is 20.8 Å². The monoisotopic (exact) mass is 274 g/mol. The van der Waals surface area contributed by atoms with Crippen LogP contribution in [0.3, 0.4) is 0 Å². The Hall–Kier alpha value is -0.193. The van der Waals surface area contributed by atoms with Crippen LogP contribution in [0.2, 0.25) is 18.1 Å². The van der Waals surface area contributed by atoms with Crippen LogP contribution in [0.1, 0.15) is 40.0 Å². The fourth-order valence-corrected chi connectivity index (χ4v) is 3.14. The van der Waals surface area contributed by atoms with Gasteiger partial charge in [-0.3, -0.25) is 0 Å². The highest BCUT2D eigenvalue weighted by molar-refractivity contribution is 6.74. The van der Waals surface area contributed by atoms with Crippen molar-refractivity contribution in [3.8, 4) is 0 Å². The second-order valence-electron chi connectivity index (χ2n) is 6.75. The summed E-state index contributed by atoms with van der Waals surface area (Å²) in [5, 5.41) is 9.09. The molecule has 1 aliphatic carbocycles. The highest BCUT2D eigenvalue weighted by Crippen LogP contribution is 2.39. The van der Waals surface area contributed by atoms with Gasteiger partial charge >= 0.3 is 0 Å². The van der Waals surface area contributed by atoms with Gasteiger partial charge in [-0.25, -0.2) is 4.39 Å². The van der Waals surface area contributed by atoms with Crippen LogP contribution in [-0.2, 0) is 4.43 Å². The van der Waals surface area contributed by atoms with E-state index in [9.17, 15) is 4.39 Å². The molecule has 2 nitrogen and oxygen atoms in total. The van der Waals surface area contributed by atoms with Crippen LogP contribution in [0.25, 0.3) is 0 Å². The number of rotatable bonds is 4. The summed E-state index contributed by atoms with van der Waals surface area (Å²) in [6.07, 6.45) is 2.77. The molecule has 1 aliphatic rings. The molecule has 0 bridgehead atoms. The first-order valence-electron chi connectivity index (χ1n) is 6.81. The van der Waals surface area contributed by atoms with Crippen molar-refractivity contribution in [1.82, 2.24) is 0 Å². The summed E-state index contributed by atoms with van der Waals surface area (Å²) < 4.78 is 19.7. The van der Waals surface area contributed by atoms with Crippen LogP contribution in [0.4, 0.5) is 4.39 Å². The fourth-order valence-electron chi connectivity index (χ4n) is 2.09. The molecular formula is C14H27FO2Si. The largest absolute Gasteiger partial charge is 0.416 e. The zero-order chi connectivity index (χ0) is 14.0. The molecule has 1 unspecified atom stereocenters. The van der Waals surface area contributed by atoms with Crippen molar-refractivity contribution >= 4 is 8.32 Å². The van der Waals surface area contributed by atoms with E-state index in [1.54, 1.807) is 0 Å². The van der Waals surface area contributed by atoms with E-state index in [2.05, 4.69) is 33.9 Å². The number of aliphatic hydroxyl groups is 1. The number of aliphatic hydroxyl groups excluding tert-OH is 1. The van der Waals surface area contributed by atoms with Crippen molar-refractivity contribution in [2.75, 3.05) is 13.2 Å². The van der Waals surface area contributed by atoms with Crippen molar-refractivity contribution in [2.24, 2.45) is 5.92 Å². The average Bonchev–Trinajstić information content (AvgIpc) is 2.72. The van der Waals surface area contributed by atoms with Gasteiger partial charge in [0.1, 0.15) is 5.83 Å². The first-order valence-corrected chi connectivity index (χ1v) is 9.72. The Balaban J connectivity index is 2.64. The van der Waals surface area contributed by atoms with Crippen LogP contribution >= 0.6 is 0 Å².